The maximum atomic E-state index is 11.8. The predicted octanol–water partition coefficient (Wildman–Crippen LogP) is 1.75. The van der Waals surface area contributed by atoms with Gasteiger partial charge in [-0.2, -0.15) is 13.2 Å². The largest absolute Gasteiger partial charge is 0.391 e. The number of hydrogen-bond acceptors (Lipinski definition) is 4. The standard InChI is InChI=1S/C11H19F3N4O/c1-9(2)15-7-10-8-18(17-16-10)4-6-19-5-3-11(12,13)14/h8-9,15H,3-7H2,1-2H3. The first kappa shape index (κ1) is 15.9. The van der Waals surface area contributed by atoms with Gasteiger partial charge in [0.2, 0.25) is 0 Å². The topological polar surface area (TPSA) is 52.0 Å². The third-order valence-electron chi connectivity index (χ3n) is 2.27. The number of nitrogens with zero attached hydrogens (tertiary/aromatic N) is 3. The van der Waals surface area contributed by atoms with E-state index in [0.717, 1.165) is 5.69 Å². The van der Waals surface area contributed by atoms with Crippen LogP contribution in [0.1, 0.15) is 26.0 Å². The molecule has 1 heterocycles. The Kier molecular flexibility index (Phi) is 6.23. The summed E-state index contributed by atoms with van der Waals surface area (Å²) in [6.45, 7) is 4.94. The van der Waals surface area contributed by atoms with E-state index in [1.807, 2.05) is 13.8 Å². The summed E-state index contributed by atoms with van der Waals surface area (Å²) in [6, 6.07) is 0.357. The van der Waals surface area contributed by atoms with Crippen molar-refractivity contribution < 1.29 is 17.9 Å². The SMILES string of the molecule is CC(C)NCc1cn(CCOCCC(F)(F)F)nn1. The Morgan fingerprint density at radius 2 is 2.11 bits per heavy atom. The summed E-state index contributed by atoms with van der Waals surface area (Å²) in [6.07, 6.45) is -3.33. The van der Waals surface area contributed by atoms with Gasteiger partial charge in [0.05, 0.1) is 31.9 Å². The van der Waals surface area contributed by atoms with Crippen molar-refractivity contribution in [2.45, 2.75) is 45.6 Å². The van der Waals surface area contributed by atoms with Gasteiger partial charge in [-0.1, -0.05) is 19.1 Å². The molecular weight excluding hydrogens is 261 g/mol. The molecule has 8 heteroatoms. The van der Waals surface area contributed by atoms with Gasteiger partial charge in [0, 0.05) is 18.8 Å². The molecule has 0 unspecified atom stereocenters. The number of aromatic nitrogens is 3. The van der Waals surface area contributed by atoms with Gasteiger partial charge in [-0.15, -0.1) is 5.10 Å². The van der Waals surface area contributed by atoms with Crippen LogP contribution < -0.4 is 5.32 Å². The summed E-state index contributed by atoms with van der Waals surface area (Å²) in [5.41, 5.74) is 0.795. The maximum Gasteiger partial charge on any atom is 0.391 e. The minimum absolute atomic E-state index is 0.191. The third kappa shape index (κ3) is 7.78. The molecule has 0 bridgehead atoms. The van der Waals surface area contributed by atoms with Gasteiger partial charge < -0.3 is 10.1 Å². The molecule has 0 radical (unpaired) electrons. The monoisotopic (exact) mass is 280 g/mol. The van der Waals surface area contributed by atoms with Crippen LogP contribution in [0, 0.1) is 0 Å². The fraction of sp³-hybridized carbons (Fsp3) is 0.818. The van der Waals surface area contributed by atoms with E-state index in [-0.39, 0.29) is 13.2 Å². The minimum Gasteiger partial charge on any atom is -0.379 e. The highest BCUT2D eigenvalue weighted by atomic mass is 19.4. The van der Waals surface area contributed by atoms with E-state index in [2.05, 4.69) is 15.6 Å². The smallest absolute Gasteiger partial charge is 0.379 e. The van der Waals surface area contributed by atoms with Crippen molar-refractivity contribution in [2.24, 2.45) is 0 Å². The fourth-order valence-electron chi connectivity index (χ4n) is 1.29. The van der Waals surface area contributed by atoms with Crippen LogP contribution in [0.2, 0.25) is 0 Å². The van der Waals surface area contributed by atoms with Crippen molar-refractivity contribution in [3.8, 4) is 0 Å². The van der Waals surface area contributed by atoms with Crippen LogP contribution in [0.3, 0.4) is 0 Å². The van der Waals surface area contributed by atoms with Crippen LogP contribution in [-0.2, 0) is 17.8 Å². The highest BCUT2D eigenvalue weighted by molar-refractivity contribution is 4.91. The van der Waals surface area contributed by atoms with Crippen molar-refractivity contribution in [3.05, 3.63) is 11.9 Å². The lowest BCUT2D eigenvalue weighted by Gasteiger charge is -2.06. The molecule has 0 fully saturated rings. The predicted molar refractivity (Wildman–Crippen MR) is 63.5 cm³/mol. The van der Waals surface area contributed by atoms with Gasteiger partial charge in [0.1, 0.15) is 0 Å². The number of rotatable bonds is 8. The molecule has 0 spiro atoms. The average molecular weight is 280 g/mol. The Labute approximate surface area is 110 Å². The lowest BCUT2D eigenvalue weighted by molar-refractivity contribution is -0.145. The Balaban J connectivity index is 2.16. The van der Waals surface area contributed by atoms with Crippen molar-refractivity contribution in [3.63, 3.8) is 0 Å². The van der Waals surface area contributed by atoms with E-state index in [1.165, 1.54) is 0 Å². The zero-order chi connectivity index (χ0) is 14.3. The Morgan fingerprint density at radius 1 is 1.37 bits per heavy atom. The van der Waals surface area contributed by atoms with Crippen LogP contribution in [0.5, 0.6) is 0 Å². The molecule has 5 nitrogen and oxygen atoms in total. The number of nitrogens with one attached hydrogen (secondary N) is 1. The van der Waals surface area contributed by atoms with Crippen molar-refractivity contribution in [1.82, 2.24) is 20.3 Å². The minimum atomic E-state index is -4.16. The zero-order valence-electron chi connectivity index (χ0n) is 11.1. The van der Waals surface area contributed by atoms with E-state index >= 15 is 0 Å². The quantitative estimate of drug-likeness (QED) is 0.737. The molecule has 19 heavy (non-hydrogen) atoms. The molecule has 0 saturated heterocycles. The van der Waals surface area contributed by atoms with Crippen LogP contribution in [0.25, 0.3) is 0 Å². The van der Waals surface area contributed by atoms with Gasteiger partial charge in [-0.3, -0.25) is 0 Å². The van der Waals surface area contributed by atoms with Gasteiger partial charge in [0.15, 0.2) is 0 Å². The molecule has 110 valence electrons. The molecule has 1 aromatic heterocycles. The number of halogens is 3. The third-order valence-corrected chi connectivity index (χ3v) is 2.27. The second kappa shape index (κ2) is 7.44. The first-order chi connectivity index (χ1) is 8.87. The second-order valence-corrected chi connectivity index (χ2v) is 4.49. The average Bonchev–Trinajstić information content (AvgIpc) is 2.72. The first-order valence-electron chi connectivity index (χ1n) is 6.14. The molecule has 0 saturated carbocycles. The molecule has 1 N–H and O–H groups in total. The summed E-state index contributed by atoms with van der Waals surface area (Å²) in [4.78, 5) is 0. The van der Waals surface area contributed by atoms with Crippen LogP contribution in [0.4, 0.5) is 13.2 Å². The van der Waals surface area contributed by atoms with Gasteiger partial charge in [-0.05, 0) is 0 Å². The van der Waals surface area contributed by atoms with Crippen molar-refractivity contribution >= 4 is 0 Å². The van der Waals surface area contributed by atoms with E-state index < -0.39 is 12.6 Å². The normalized spacial score (nSPS) is 12.3. The van der Waals surface area contributed by atoms with E-state index in [9.17, 15) is 13.2 Å². The molecule has 0 aliphatic carbocycles. The van der Waals surface area contributed by atoms with Gasteiger partial charge >= 0.3 is 6.18 Å². The summed E-state index contributed by atoms with van der Waals surface area (Å²) in [5.74, 6) is 0. The second-order valence-electron chi connectivity index (χ2n) is 4.49. The first-order valence-corrected chi connectivity index (χ1v) is 6.14. The molecule has 0 atom stereocenters. The van der Waals surface area contributed by atoms with Crippen LogP contribution in [-0.4, -0.2) is 40.4 Å². The zero-order valence-corrected chi connectivity index (χ0v) is 11.1. The Bertz CT molecular complexity index is 365. The summed E-state index contributed by atoms with van der Waals surface area (Å²) in [7, 11) is 0. The lowest BCUT2D eigenvalue weighted by Crippen LogP contribution is -2.21. The molecule has 0 amide bonds. The Hall–Kier alpha value is -1.15. The molecule has 1 aromatic rings. The molecule has 0 aliphatic rings. The van der Waals surface area contributed by atoms with E-state index in [4.69, 9.17) is 4.74 Å². The molecular formula is C11H19F3N4O. The highest BCUT2D eigenvalue weighted by Gasteiger charge is 2.26. The number of ether oxygens (including phenoxy) is 1. The van der Waals surface area contributed by atoms with Crippen LogP contribution in [0.15, 0.2) is 6.20 Å². The lowest BCUT2D eigenvalue weighted by atomic mass is 10.3. The molecule has 0 aliphatic heterocycles. The maximum absolute atomic E-state index is 11.8. The summed E-state index contributed by atoms with van der Waals surface area (Å²) in [5, 5.41) is 11.0. The molecule has 0 aromatic carbocycles. The van der Waals surface area contributed by atoms with Crippen LogP contribution >= 0.6 is 0 Å². The Morgan fingerprint density at radius 3 is 2.74 bits per heavy atom. The van der Waals surface area contributed by atoms with E-state index in [1.54, 1.807) is 10.9 Å². The highest BCUT2D eigenvalue weighted by Crippen LogP contribution is 2.18. The fourth-order valence-corrected chi connectivity index (χ4v) is 1.29. The van der Waals surface area contributed by atoms with Crippen molar-refractivity contribution in [2.75, 3.05) is 13.2 Å². The van der Waals surface area contributed by atoms with E-state index in [0.29, 0.717) is 19.1 Å². The summed E-state index contributed by atoms with van der Waals surface area (Å²) >= 11 is 0. The van der Waals surface area contributed by atoms with Gasteiger partial charge in [-0.25, -0.2) is 4.68 Å². The molecule has 1 rings (SSSR count). The number of hydrogen-bond donors (Lipinski definition) is 1. The summed E-state index contributed by atoms with van der Waals surface area (Å²) < 4.78 is 42.0. The van der Waals surface area contributed by atoms with Crippen molar-refractivity contribution in [1.29, 1.82) is 0 Å². The van der Waals surface area contributed by atoms with Gasteiger partial charge in [0.25, 0.3) is 0 Å². The number of alkyl halides is 3.